The molecule has 0 unspecified atom stereocenters. The van der Waals surface area contributed by atoms with E-state index in [-0.39, 0.29) is 4.90 Å². The van der Waals surface area contributed by atoms with Gasteiger partial charge in [-0.15, -0.1) is 0 Å². The molecule has 0 spiro atoms. The number of aryl methyl sites for hydroxylation is 1. The summed E-state index contributed by atoms with van der Waals surface area (Å²) in [5.74, 6) is 0.480. The summed E-state index contributed by atoms with van der Waals surface area (Å²) in [6, 6.07) is 12.8. The first kappa shape index (κ1) is 17.3. The molecule has 0 saturated carbocycles. The standard InChI is InChI=1S/C16H16ClNO4S/c1-12-6-8-15(9-7-12)23(20,21)18(11-16(17)19)13-4-3-5-14(10-13)22-2/h3-10H,11H2,1-2H3. The van der Waals surface area contributed by atoms with E-state index in [0.717, 1.165) is 9.87 Å². The second kappa shape index (κ2) is 7.02. The maximum Gasteiger partial charge on any atom is 0.264 e. The highest BCUT2D eigenvalue weighted by Crippen LogP contribution is 2.27. The maximum absolute atomic E-state index is 12.9. The number of halogens is 1. The summed E-state index contributed by atoms with van der Waals surface area (Å²) >= 11 is 5.44. The van der Waals surface area contributed by atoms with Crippen molar-refractivity contribution in [1.82, 2.24) is 0 Å². The molecule has 2 aromatic rings. The van der Waals surface area contributed by atoms with Crippen molar-refractivity contribution in [3.05, 3.63) is 54.1 Å². The Morgan fingerprint density at radius 3 is 2.39 bits per heavy atom. The van der Waals surface area contributed by atoms with Gasteiger partial charge in [-0.25, -0.2) is 8.42 Å². The summed E-state index contributed by atoms with van der Waals surface area (Å²) in [7, 11) is -2.44. The van der Waals surface area contributed by atoms with Crippen LogP contribution in [0.4, 0.5) is 5.69 Å². The number of methoxy groups -OCH3 is 1. The summed E-state index contributed by atoms with van der Waals surface area (Å²) in [5.41, 5.74) is 1.24. The zero-order chi connectivity index (χ0) is 17.0. The van der Waals surface area contributed by atoms with E-state index in [1.54, 1.807) is 30.3 Å². The third-order valence-electron chi connectivity index (χ3n) is 3.22. The predicted octanol–water partition coefficient (Wildman–Crippen LogP) is 2.96. The molecule has 0 aliphatic rings. The first-order valence-electron chi connectivity index (χ1n) is 6.76. The summed E-state index contributed by atoms with van der Waals surface area (Å²) in [4.78, 5) is 11.4. The van der Waals surface area contributed by atoms with E-state index in [1.165, 1.54) is 25.3 Å². The lowest BCUT2D eigenvalue weighted by atomic mass is 10.2. The number of benzene rings is 2. The molecule has 7 heteroatoms. The van der Waals surface area contributed by atoms with E-state index in [0.29, 0.717) is 11.4 Å². The fourth-order valence-corrected chi connectivity index (χ4v) is 3.63. The average molecular weight is 354 g/mol. The Morgan fingerprint density at radius 1 is 1.17 bits per heavy atom. The van der Waals surface area contributed by atoms with Crippen molar-refractivity contribution < 1.29 is 17.9 Å². The van der Waals surface area contributed by atoms with Crippen molar-refractivity contribution >= 4 is 32.6 Å². The zero-order valence-corrected chi connectivity index (χ0v) is 14.3. The quantitative estimate of drug-likeness (QED) is 0.749. The van der Waals surface area contributed by atoms with Gasteiger partial charge < -0.3 is 4.74 Å². The largest absolute Gasteiger partial charge is 0.497 e. The van der Waals surface area contributed by atoms with Crippen LogP contribution in [0.3, 0.4) is 0 Å². The number of rotatable bonds is 6. The normalized spacial score (nSPS) is 11.1. The molecule has 0 fully saturated rings. The minimum Gasteiger partial charge on any atom is -0.497 e. The second-order valence-electron chi connectivity index (χ2n) is 4.88. The van der Waals surface area contributed by atoms with Crippen LogP contribution in [0.5, 0.6) is 5.75 Å². The van der Waals surface area contributed by atoms with E-state index < -0.39 is 21.8 Å². The monoisotopic (exact) mass is 353 g/mol. The minimum atomic E-state index is -3.92. The van der Waals surface area contributed by atoms with Gasteiger partial charge in [0.05, 0.1) is 17.7 Å². The van der Waals surface area contributed by atoms with Crippen LogP contribution in [0.2, 0.25) is 0 Å². The molecule has 0 saturated heterocycles. The molecular formula is C16H16ClNO4S. The first-order chi connectivity index (χ1) is 10.8. The molecule has 23 heavy (non-hydrogen) atoms. The molecule has 0 N–H and O–H groups in total. The van der Waals surface area contributed by atoms with Crippen LogP contribution in [0.25, 0.3) is 0 Å². The van der Waals surface area contributed by atoms with Gasteiger partial charge in [0.15, 0.2) is 0 Å². The number of hydrogen-bond acceptors (Lipinski definition) is 4. The van der Waals surface area contributed by atoms with Crippen molar-refractivity contribution in [3.63, 3.8) is 0 Å². The van der Waals surface area contributed by atoms with Gasteiger partial charge in [0, 0.05) is 6.07 Å². The molecule has 0 atom stereocenters. The van der Waals surface area contributed by atoms with E-state index >= 15 is 0 Å². The van der Waals surface area contributed by atoms with Gasteiger partial charge in [-0.2, -0.15) is 0 Å². The van der Waals surface area contributed by atoms with Gasteiger partial charge in [0.2, 0.25) is 5.24 Å². The average Bonchev–Trinajstić information content (AvgIpc) is 2.52. The molecule has 0 aliphatic carbocycles. The minimum absolute atomic E-state index is 0.0869. The van der Waals surface area contributed by atoms with Crippen LogP contribution in [-0.4, -0.2) is 27.3 Å². The van der Waals surface area contributed by atoms with Crippen molar-refractivity contribution in [3.8, 4) is 5.75 Å². The Labute approximate surface area is 140 Å². The lowest BCUT2D eigenvalue weighted by Crippen LogP contribution is -2.34. The molecule has 0 aromatic heterocycles. The zero-order valence-electron chi connectivity index (χ0n) is 12.7. The van der Waals surface area contributed by atoms with Crippen molar-refractivity contribution in [2.45, 2.75) is 11.8 Å². The van der Waals surface area contributed by atoms with Crippen LogP contribution < -0.4 is 9.04 Å². The van der Waals surface area contributed by atoms with Crippen molar-refractivity contribution in [1.29, 1.82) is 0 Å². The molecule has 0 bridgehead atoms. The second-order valence-corrected chi connectivity index (χ2v) is 7.17. The maximum atomic E-state index is 12.9. The third kappa shape index (κ3) is 4.03. The Balaban J connectivity index is 2.52. The van der Waals surface area contributed by atoms with Crippen LogP contribution in [0, 0.1) is 6.92 Å². The van der Waals surface area contributed by atoms with Gasteiger partial charge in [0.1, 0.15) is 12.3 Å². The Morgan fingerprint density at radius 2 is 1.83 bits per heavy atom. The Bertz CT molecular complexity index is 803. The SMILES string of the molecule is COc1cccc(N(CC(=O)Cl)S(=O)(=O)c2ccc(C)cc2)c1. The summed E-state index contributed by atoms with van der Waals surface area (Å²) < 4.78 is 31.8. The van der Waals surface area contributed by atoms with E-state index in [2.05, 4.69) is 0 Å². The fourth-order valence-electron chi connectivity index (χ4n) is 2.03. The highest BCUT2D eigenvalue weighted by Gasteiger charge is 2.26. The predicted molar refractivity (Wildman–Crippen MR) is 89.6 cm³/mol. The number of carbonyl (C=O) groups is 1. The molecule has 0 amide bonds. The van der Waals surface area contributed by atoms with E-state index in [4.69, 9.17) is 16.3 Å². The lowest BCUT2D eigenvalue weighted by molar-refractivity contribution is -0.110. The van der Waals surface area contributed by atoms with Crippen LogP contribution in [0.15, 0.2) is 53.4 Å². The van der Waals surface area contributed by atoms with Crippen LogP contribution in [-0.2, 0) is 14.8 Å². The lowest BCUT2D eigenvalue weighted by Gasteiger charge is -2.23. The summed E-state index contributed by atoms with van der Waals surface area (Å²) in [5, 5.41) is -0.775. The molecule has 2 rings (SSSR count). The number of nitrogens with zero attached hydrogens (tertiary/aromatic N) is 1. The molecule has 0 aliphatic heterocycles. The highest BCUT2D eigenvalue weighted by atomic mass is 35.5. The number of anilines is 1. The molecule has 2 aromatic carbocycles. The molecule has 0 radical (unpaired) electrons. The van der Waals surface area contributed by atoms with Crippen molar-refractivity contribution in [2.24, 2.45) is 0 Å². The van der Waals surface area contributed by atoms with Gasteiger partial charge in [-0.05, 0) is 42.8 Å². The molecule has 122 valence electrons. The number of hydrogen-bond donors (Lipinski definition) is 0. The van der Waals surface area contributed by atoms with E-state index in [1.807, 2.05) is 6.92 Å². The van der Waals surface area contributed by atoms with Gasteiger partial charge in [-0.1, -0.05) is 23.8 Å². The third-order valence-corrected chi connectivity index (χ3v) is 5.13. The highest BCUT2D eigenvalue weighted by molar-refractivity contribution is 7.92. The summed E-state index contributed by atoms with van der Waals surface area (Å²) in [6.45, 7) is 1.39. The van der Waals surface area contributed by atoms with Gasteiger partial charge in [0.25, 0.3) is 10.0 Å². The van der Waals surface area contributed by atoms with Gasteiger partial charge in [-0.3, -0.25) is 9.10 Å². The molecular weight excluding hydrogens is 338 g/mol. The topological polar surface area (TPSA) is 63.7 Å². The number of ether oxygens (including phenoxy) is 1. The van der Waals surface area contributed by atoms with Crippen LogP contribution in [0.1, 0.15) is 5.56 Å². The number of carbonyl (C=O) groups excluding carboxylic acids is 1. The Hall–Kier alpha value is -2.05. The first-order valence-corrected chi connectivity index (χ1v) is 8.58. The summed E-state index contributed by atoms with van der Waals surface area (Å²) in [6.07, 6.45) is 0. The molecule has 0 heterocycles. The Kier molecular flexibility index (Phi) is 5.28. The van der Waals surface area contributed by atoms with Crippen LogP contribution >= 0.6 is 11.6 Å². The van der Waals surface area contributed by atoms with Gasteiger partial charge >= 0.3 is 0 Å². The van der Waals surface area contributed by atoms with Crippen molar-refractivity contribution in [2.75, 3.05) is 18.0 Å². The van der Waals surface area contributed by atoms with E-state index in [9.17, 15) is 13.2 Å². The number of sulfonamides is 1. The smallest absolute Gasteiger partial charge is 0.264 e. The fraction of sp³-hybridized carbons (Fsp3) is 0.188. The molecule has 5 nitrogen and oxygen atoms in total.